The molecule has 1 heterocycles. The molecule has 64 valence electrons. The molecule has 1 saturated carbocycles. The van der Waals surface area contributed by atoms with E-state index in [9.17, 15) is 0 Å². The van der Waals surface area contributed by atoms with Gasteiger partial charge in [-0.05, 0) is 36.7 Å². The molecule has 1 nitrogen and oxygen atoms in total. The molecule has 0 atom stereocenters. The van der Waals surface area contributed by atoms with E-state index in [0.717, 1.165) is 5.92 Å². The van der Waals surface area contributed by atoms with Crippen molar-refractivity contribution in [3.63, 3.8) is 0 Å². The van der Waals surface area contributed by atoms with Gasteiger partial charge in [0.2, 0.25) is 0 Å². The Morgan fingerprint density at radius 2 is 1.91 bits per heavy atom. The van der Waals surface area contributed by atoms with Crippen molar-refractivity contribution in [1.82, 2.24) is 0 Å². The Labute approximate surface area is 73.1 Å². The van der Waals surface area contributed by atoms with Crippen LogP contribution in [-0.4, -0.2) is 17.0 Å². The molecule has 1 saturated heterocycles. The molecule has 0 aromatic heterocycles. The Morgan fingerprint density at radius 3 is 2.45 bits per heavy atom. The van der Waals surface area contributed by atoms with Crippen molar-refractivity contribution >= 4 is 11.8 Å². The van der Waals surface area contributed by atoms with Crippen molar-refractivity contribution in [2.45, 2.75) is 37.6 Å². The summed E-state index contributed by atoms with van der Waals surface area (Å²) in [5.74, 6) is 3.59. The van der Waals surface area contributed by atoms with Crippen molar-refractivity contribution < 1.29 is 0 Å². The van der Waals surface area contributed by atoms with Crippen LogP contribution in [0.25, 0.3) is 0 Å². The average molecular weight is 171 g/mol. The Hall–Kier alpha value is 0.310. The normalized spacial score (nSPS) is 30.3. The summed E-state index contributed by atoms with van der Waals surface area (Å²) in [6.45, 7) is 0. The number of nitrogens with two attached hydrogens (primary N) is 1. The van der Waals surface area contributed by atoms with Crippen LogP contribution in [0, 0.1) is 5.92 Å². The molecule has 11 heavy (non-hydrogen) atoms. The summed E-state index contributed by atoms with van der Waals surface area (Å²) in [5.41, 5.74) is 6.53. The minimum Gasteiger partial charge on any atom is -0.325 e. The van der Waals surface area contributed by atoms with E-state index in [-0.39, 0.29) is 5.54 Å². The maximum absolute atomic E-state index is 6.29. The highest BCUT2D eigenvalue weighted by Gasteiger charge is 2.34. The molecule has 2 aliphatic rings. The van der Waals surface area contributed by atoms with E-state index in [0.29, 0.717) is 0 Å². The topological polar surface area (TPSA) is 26.0 Å². The first-order chi connectivity index (χ1) is 5.29. The third-order valence-corrected chi connectivity index (χ3v) is 3.87. The summed E-state index contributed by atoms with van der Waals surface area (Å²) in [5, 5.41) is 0. The van der Waals surface area contributed by atoms with Crippen molar-refractivity contribution in [3.8, 4) is 0 Å². The lowest BCUT2D eigenvalue weighted by Gasteiger charge is -2.33. The Bertz CT molecular complexity index is 136. The summed E-state index contributed by atoms with van der Waals surface area (Å²) in [6, 6.07) is 0. The summed E-state index contributed by atoms with van der Waals surface area (Å²) in [6.07, 6.45) is 6.73. The minimum absolute atomic E-state index is 0.242. The standard InChI is InChI=1S/C9H17NS/c10-9(7-8-1-2-8)3-5-11-6-4-9/h8H,1-7,10H2. The predicted molar refractivity (Wildman–Crippen MR) is 50.8 cm³/mol. The molecular formula is C9H17NS. The molecule has 0 unspecified atom stereocenters. The van der Waals surface area contributed by atoms with Crippen molar-refractivity contribution in [2.75, 3.05) is 11.5 Å². The third kappa shape index (κ3) is 2.12. The van der Waals surface area contributed by atoms with Crippen LogP contribution in [0.5, 0.6) is 0 Å². The average Bonchev–Trinajstić information content (AvgIpc) is 2.72. The second-order valence-electron chi connectivity index (χ2n) is 4.12. The van der Waals surface area contributed by atoms with E-state index >= 15 is 0 Å². The van der Waals surface area contributed by atoms with Gasteiger partial charge in [0.25, 0.3) is 0 Å². The van der Waals surface area contributed by atoms with E-state index in [2.05, 4.69) is 11.8 Å². The lowest BCUT2D eigenvalue weighted by Crippen LogP contribution is -2.43. The summed E-state index contributed by atoms with van der Waals surface area (Å²) < 4.78 is 0. The van der Waals surface area contributed by atoms with Gasteiger partial charge in [0.05, 0.1) is 0 Å². The highest BCUT2D eigenvalue weighted by molar-refractivity contribution is 7.99. The number of hydrogen-bond donors (Lipinski definition) is 1. The number of rotatable bonds is 2. The van der Waals surface area contributed by atoms with Crippen molar-refractivity contribution in [3.05, 3.63) is 0 Å². The SMILES string of the molecule is NC1(CC2CC2)CCSCC1. The van der Waals surface area contributed by atoms with Gasteiger partial charge in [-0.3, -0.25) is 0 Å². The fraction of sp³-hybridized carbons (Fsp3) is 1.00. The van der Waals surface area contributed by atoms with E-state index < -0.39 is 0 Å². The van der Waals surface area contributed by atoms with Gasteiger partial charge in [0.15, 0.2) is 0 Å². The minimum atomic E-state index is 0.242. The van der Waals surface area contributed by atoms with E-state index in [1.54, 1.807) is 0 Å². The highest BCUT2D eigenvalue weighted by Crippen LogP contribution is 2.40. The van der Waals surface area contributed by atoms with Gasteiger partial charge in [-0.25, -0.2) is 0 Å². The first-order valence-corrected chi connectivity index (χ1v) is 5.81. The van der Waals surface area contributed by atoms with Crippen LogP contribution in [0.1, 0.15) is 32.1 Å². The highest BCUT2D eigenvalue weighted by atomic mass is 32.2. The summed E-state index contributed by atoms with van der Waals surface area (Å²) in [7, 11) is 0. The van der Waals surface area contributed by atoms with Crippen LogP contribution in [0.15, 0.2) is 0 Å². The molecule has 0 aromatic carbocycles. The van der Waals surface area contributed by atoms with Gasteiger partial charge < -0.3 is 5.73 Å². The van der Waals surface area contributed by atoms with E-state index in [4.69, 9.17) is 5.73 Å². The molecule has 1 aliphatic heterocycles. The van der Waals surface area contributed by atoms with Gasteiger partial charge >= 0.3 is 0 Å². The Balaban J connectivity index is 1.84. The van der Waals surface area contributed by atoms with Crippen LogP contribution >= 0.6 is 11.8 Å². The lowest BCUT2D eigenvalue weighted by atomic mass is 9.88. The molecular weight excluding hydrogens is 154 g/mol. The molecule has 1 aliphatic carbocycles. The number of hydrogen-bond acceptors (Lipinski definition) is 2. The fourth-order valence-electron chi connectivity index (χ4n) is 1.88. The maximum Gasteiger partial charge on any atom is 0.0172 e. The van der Waals surface area contributed by atoms with Gasteiger partial charge in [-0.15, -0.1) is 0 Å². The molecule has 0 amide bonds. The van der Waals surface area contributed by atoms with E-state index in [1.165, 1.54) is 43.6 Å². The third-order valence-electron chi connectivity index (χ3n) is 2.88. The quantitative estimate of drug-likeness (QED) is 0.688. The second kappa shape index (κ2) is 2.98. The first kappa shape index (κ1) is 7.93. The van der Waals surface area contributed by atoms with Gasteiger partial charge in [0, 0.05) is 5.54 Å². The zero-order chi connectivity index (χ0) is 7.73. The largest absolute Gasteiger partial charge is 0.325 e. The second-order valence-corrected chi connectivity index (χ2v) is 5.35. The monoisotopic (exact) mass is 171 g/mol. The molecule has 2 N–H and O–H groups in total. The zero-order valence-corrected chi connectivity index (χ0v) is 7.83. The zero-order valence-electron chi connectivity index (χ0n) is 7.01. The number of thioether (sulfide) groups is 1. The predicted octanol–water partition coefficient (Wildman–Crippen LogP) is 2.01. The van der Waals surface area contributed by atoms with Crippen LogP contribution in [0.3, 0.4) is 0 Å². The molecule has 0 bridgehead atoms. The smallest absolute Gasteiger partial charge is 0.0172 e. The lowest BCUT2D eigenvalue weighted by molar-refractivity contribution is 0.346. The Kier molecular flexibility index (Phi) is 2.15. The molecule has 0 spiro atoms. The molecule has 2 rings (SSSR count). The van der Waals surface area contributed by atoms with Crippen molar-refractivity contribution in [1.29, 1.82) is 0 Å². The van der Waals surface area contributed by atoms with E-state index in [1.807, 2.05) is 0 Å². The van der Waals surface area contributed by atoms with Crippen molar-refractivity contribution in [2.24, 2.45) is 11.7 Å². The Morgan fingerprint density at radius 1 is 1.27 bits per heavy atom. The molecule has 0 aromatic rings. The summed E-state index contributed by atoms with van der Waals surface area (Å²) in [4.78, 5) is 0. The van der Waals surface area contributed by atoms with Gasteiger partial charge in [-0.2, -0.15) is 11.8 Å². The fourth-order valence-corrected chi connectivity index (χ4v) is 3.18. The van der Waals surface area contributed by atoms with Gasteiger partial charge in [-0.1, -0.05) is 12.8 Å². The maximum atomic E-state index is 6.29. The molecule has 2 fully saturated rings. The molecule has 2 heteroatoms. The van der Waals surface area contributed by atoms with Crippen LogP contribution in [0.2, 0.25) is 0 Å². The van der Waals surface area contributed by atoms with Crippen LogP contribution in [-0.2, 0) is 0 Å². The first-order valence-electron chi connectivity index (χ1n) is 4.65. The van der Waals surface area contributed by atoms with Gasteiger partial charge in [0.1, 0.15) is 0 Å². The van der Waals surface area contributed by atoms with Crippen LogP contribution < -0.4 is 5.73 Å². The molecule has 0 radical (unpaired) electrons. The van der Waals surface area contributed by atoms with Crippen LogP contribution in [0.4, 0.5) is 0 Å². The summed E-state index contributed by atoms with van der Waals surface area (Å²) >= 11 is 2.06.